The van der Waals surface area contributed by atoms with Gasteiger partial charge in [0.15, 0.2) is 0 Å². The molecule has 2 nitrogen and oxygen atoms in total. The van der Waals surface area contributed by atoms with Crippen LogP contribution in [-0.2, 0) is 5.88 Å². The van der Waals surface area contributed by atoms with Gasteiger partial charge >= 0.3 is 0 Å². The Morgan fingerprint density at radius 1 is 1.26 bits per heavy atom. The van der Waals surface area contributed by atoms with Gasteiger partial charge in [-0.2, -0.15) is 0 Å². The Morgan fingerprint density at radius 3 is 2.63 bits per heavy atom. The van der Waals surface area contributed by atoms with Gasteiger partial charge in [-0.1, -0.05) is 30.1 Å². The second-order valence-corrected chi connectivity index (χ2v) is 6.44. The Hall–Kier alpha value is -0.440. The van der Waals surface area contributed by atoms with Crippen LogP contribution >= 0.6 is 34.8 Å². The zero-order valence-corrected chi connectivity index (χ0v) is 12.9. The molecular weight excluding hydrogens is 303 g/mol. The van der Waals surface area contributed by atoms with Crippen LogP contribution in [0.25, 0.3) is 11.0 Å². The summed E-state index contributed by atoms with van der Waals surface area (Å²) in [7, 11) is 0. The number of imidazole rings is 1. The molecule has 2 aromatic rings. The minimum atomic E-state index is 0.412. The lowest BCUT2D eigenvalue weighted by Crippen LogP contribution is -2.08. The molecule has 0 bridgehead atoms. The molecule has 0 saturated heterocycles. The fourth-order valence-corrected chi connectivity index (χ4v) is 3.56. The largest absolute Gasteiger partial charge is 0.324 e. The number of fused-ring (bicyclic) bond motifs is 1. The van der Waals surface area contributed by atoms with Crippen molar-refractivity contribution < 1.29 is 0 Å². The number of halogens is 3. The average Bonchev–Trinajstić information content (AvgIpc) is 2.93. The van der Waals surface area contributed by atoms with Crippen LogP contribution in [0.4, 0.5) is 0 Å². The molecule has 1 aliphatic rings. The van der Waals surface area contributed by atoms with Crippen molar-refractivity contribution in [2.45, 2.75) is 38.1 Å². The van der Waals surface area contributed by atoms with Crippen molar-refractivity contribution >= 4 is 45.8 Å². The molecule has 1 aromatic carbocycles. The molecule has 1 aromatic heterocycles. The Labute approximate surface area is 127 Å². The smallest absolute Gasteiger partial charge is 0.125 e. The Morgan fingerprint density at radius 2 is 2.00 bits per heavy atom. The van der Waals surface area contributed by atoms with Crippen LogP contribution < -0.4 is 0 Å². The summed E-state index contributed by atoms with van der Waals surface area (Å²) >= 11 is 18.3. The zero-order valence-electron chi connectivity index (χ0n) is 10.7. The third-order valence-corrected chi connectivity index (χ3v) is 4.92. The van der Waals surface area contributed by atoms with Gasteiger partial charge in [-0.05, 0) is 37.3 Å². The monoisotopic (exact) mass is 316 g/mol. The molecule has 0 spiro atoms. The van der Waals surface area contributed by atoms with Crippen LogP contribution in [-0.4, -0.2) is 9.55 Å². The third kappa shape index (κ3) is 2.35. The van der Waals surface area contributed by atoms with E-state index in [0.29, 0.717) is 22.0 Å². The zero-order chi connectivity index (χ0) is 13.6. The molecule has 102 valence electrons. The van der Waals surface area contributed by atoms with Gasteiger partial charge in [-0.3, -0.25) is 0 Å². The first-order valence-corrected chi connectivity index (χ1v) is 7.81. The van der Waals surface area contributed by atoms with Crippen molar-refractivity contribution in [3.8, 4) is 0 Å². The van der Waals surface area contributed by atoms with Crippen molar-refractivity contribution in [2.24, 2.45) is 5.92 Å². The highest BCUT2D eigenvalue weighted by molar-refractivity contribution is 6.42. The summed E-state index contributed by atoms with van der Waals surface area (Å²) in [6, 6.07) is 4.21. The van der Waals surface area contributed by atoms with Crippen LogP contribution in [0.3, 0.4) is 0 Å². The molecule has 0 N–H and O–H groups in total. The number of hydrogen-bond donors (Lipinski definition) is 0. The predicted molar refractivity (Wildman–Crippen MR) is 81.4 cm³/mol. The minimum absolute atomic E-state index is 0.412. The lowest BCUT2D eigenvalue weighted by atomic mass is 10.1. The van der Waals surface area contributed by atoms with Gasteiger partial charge in [0.2, 0.25) is 0 Å². The van der Waals surface area contributed by atoms with Crippen LogP contribution in [0.5, 0.6) is 0 Å². The summed E-state index contributed by atoms with van der Waals surface area (Å²) in [6.07, 6.45) is 3.61. The number of rotatable bonds is 2. The molecule has 0 aliphatic heterocycles. The molecule has 0 amide bonds. The summed E-state index contributed by atoms with van der Waals surface area (Å²) in [4.78, 5) is 4.59. The number of benzene rings is 1. The third-order valence-electron chi connectivity index (χ3n) is 3.96. The van der Waals surface area contributed by atoms with Gasteiger partial charge in [-0.25, -0.2) is 4.98 Å². The molecule has 1 heterocycles. The highest BCUT2D eigenvalue weighted by Gasteiger charge is 2.26. The lowest BCUT2D eigenvalue weighted by molar-refractivity contribution is 0.494. The van der Waals surface area contributed by atoms with Crippen LogP contribution in [0, 0.1) is 5.92 Å². The summed E-state index contributed by atoms with van der Waals surface area (Å²) in [5.41, 5.74) is 1.92. The predicted octanol–water partition coefficient (Wildman–Crippen LogP) is 5.44. The molecule has 2 atom stereocenters. The van der Waals surface area contributed by atoms with Crippen LogP contribution in [0.2, 0.25) is 10.0 Å². The maximum absolute atomic E-state index is 6.14. The standard InChI is InChI=1S/C14H15Cl3N2/c1-8-2-3-9(4-8)19-13-6-11(17)10(16)5-12(13)18-14(19)7-15/h5-6,8-9H,2-4,7H2,1H3. The molecule has 19 heavy (non-hydrogen) atoms. The van der Waals surface area contributed by atoms with Gasteiger partial charge in [-0.15, -0.1) is 11.6 Å². The fourth-order valence-electron chi connectivity index (χ4n) is 3.05. The quantitative estimate of drug-likeness (QED) is 0.674. The second-order valence-electron chi connectivity index (χ2n) is 5.36. The van der Waals surface area contributed by atoms with E-state index in [1.165, 1.54) is 19.3 Å². The Bertz CT molecular complexity index is 621. The SMILES string of the molecule is CC1CCC(n2c(CCl)nc3cc(Cl)c(Cl)cc32)C1. The molecular formula is C14H15Cl3N2. The summed E-state index contributed by atoms with van der Waals surface area (Å²) in [6.45, 7) is 2.29. The van der Waals surface area contributed by atoms with Crippen molar-refractivity contribution in [2.75, 3.05) is 0 Å². The van der Waals surface area contributed by atoms with Gasteiger partial charge < -0.3 is 4.57 Å². The molecule has 0 radical (unpaired) electrons. The van der Waals surface area contributed by atoms with Crippen molar-refractivity contribution in [3.05, 3.63) is 28.0 Å². The molecule has 3 rings (SSSR count). The van der Waals surface area contributed by atoms with E-state index in [9.17, 15) is 0 Å². The van der Waals surface area contributed by atoms with E-state index in [0.717, 1.165) is 22.8 Å². The fraction of sp³-hybridized carbons (Fsp3) is 0.500. The number of hydrogen-bond acceptors (Lipinski definition) is 1. The van der Waals surface area contributed by atoms with E-state index < -0.39 is 0 Å². The highest BCUT2D eigenvalue weighted by Crippen LogP contribution is 2.38. The van der Waals surface area contributed by atoms with Crippen molar-refractivity contribution in [1.29, 1.82) is 0 Å². The first-order chi connectivity index (χ1) is 9.10. The van der Waals surface area contributed by atoms with E-state index in [1.54, 1.807) is 0 Å². The summed E-state index contributed by atoms with van der Waals surface area (Å²) < 4.78 is 2.26. The van der Waals surface area contributed by atoms with E-state index in [2.05, 4.69) is 16.5 Å². The highest BCUT2D eigenvalue weighted by atomic mass is 35.5. The molecule has 1 saturated carbocycles. The number of alkyl halides is 1. The lowest BCUT2D eigenvalue weighted by Gasteiger charge is -2.16. The van der Waals surface area contributed by atoms with E-state index in [1.807, 2.05) is 12.1 Å². The average molecular weight is 318 g/mol. The summed E-state index contributed by atoms with van der Waals surface area (Å²) in [5.74, 6) is 2.08. The first-order valence-electron chi connectivity index (χ1n) is 6.52. The molecule has 2 unspecified atom stereocenters. The topological polar surface area (TPSA) is 17.8 Å². The maximum Gasteiger partial charge on any atom is 0.125 e. The van der Waals surface area contributed by atoms with Crippen LogP contribution in [0.15, 0.2) is 12.1 Å². The van der Waals surface area contributed by atoms with Gasteiger partial charge in [0.05, 0.1) is 27.0 Å². The van der Waals surface area contributed by atoms with Crippen molar-refractivity contribution in [1.82, 2.24) is 9.55 Å². The normalized spacial score (nSPS) is 23.4. The van der Waals surface area contributed by atoms with E-state index in [4.69, 9.17) is 34.8 Å². The molecule has 1 fully saturated rings. The van der Waals surface area contributed by atoms with Crippen LogP contribution in [0.1, 0.15) is 38.1 Å². The summed E-state index contributed by atoms with van der Waals surface area (Å²) in [5, 5.41) is 1.11. The second kappa shape index (κ2) is 5.16. The van der Waals surface area contributed by atoms with Crippen molar-refractivity contribution in [3.63, 3.8) is 0 Å². The molecule has 5 heteroatoms. The number of nitrogens with zero attached hydrogens (tertiary/aromatic N) is 2. The van der Waals surface area contributed by atoms with E-state index >= 15 is 0 Å². The first kappa shape index (κ1) is 13.5. The minimum Gasteiger partial charge on any atom is -0.324 e. The maximum atomic E-state index is 6.14. The Kier molecular flexibility index (Phi) is 3.67. The van der Waals surface area contributed by atoms with Gasteiger partial charge in [0, 0.05) is 6.04 Å². The molecule has 1 aliphatic carbocycles. The number of aromatic nitrogens is 2. The van der Waals surface area contributed by atoms with E-state index in [-0.39, 0.29) is 0 Å². The van der Waals surface area contributed by atoms with Gasteiger partial charge in [0.25, 0.3) is 0 Å². The van der Waals surface area contributed by atoms with Gasteiger partial charge in [0.1, 0.15) is 5.82 Å². The Balaban J connectivity index is 2.18.